The summed E-state index contributed by atoms with van der Waals surface area (Å²) in [5, 5.41) is 5.28. The Kier molecular flexibility index (Phi) is 5.68. The van der Waals surface area contributed by atoms with Gasteiger partial charge in [-0.1, -0.05) is 0 Å². The maximum Gasteiger partial charge on any atom is 0.240 e. The van der Waals surface area contributed by atoms with Gasteiger partial charge in [-0.3, -0.25) is 19.7 Å². The van der Waals surface area contributed by atoms with Crippen LogP contribution in [0.1, 0.15) is 24.5 Å². The molecule has 0 bridgehead atoms. The highest BCUT2D eigenvalue weighted by Crippen LogP contribution is 2.31. The normalized spacial score (nSPS) is 17.4. The lowest BCUT2D eigenvalue weighted by molar-refractivity contribution is -0.117. The number of aromatic nitrogens is 3. The number of rotatable bonds is 5. The summed E-state index contributed by atoms with van der Waals surface area (Å²) in [5.41, 5.74) is 2.53. The number of carbonyl (C=O) groups is 1. The molecule has 1 aliphatic heterocycles. The van der Waals surface area contributed by atoms with Crippen molar-refractivity contribution in [2.75, 3.05) is 25.0 Å². The Morgan fingerprint density at radius 3 is 2.79 bits per heavy atom. The minimum atomic E-state index is -0.274. The molecule has 1 aromatic carbocycles. The van der Waals surface area contributed by atoms with Gasteiger partial charge < -0.3 is 5.32 Å². The van der Waals surface area contributed by atoms with Gasteiger partial charge in [-0.2, -0.15) is 0 Å². The highest BCUT2D eigenvalue weighted by atomic mass is 32.1. The summed E-state index contributed by atoms with van der Waals surface area (Å²) >= 11 is 1.40. The zero-order valence-electron chi connectivity index (χ0n) is 15.2. The van der Waals surface area contributed by atoms with Crippen molar-refractivity contribution in [1.82, 2.24) is 19.9 Å². The molecule has 6 nitrogen and oxygen atoms in total. The van der Waals surface area contributed by atoms with Crippen LogP contribution in [0.15, 0.2) is 48.2 Å². The van der Waals surface area contributed by atoms with E-state index in [9.17, 15) is 9.18 Å². The number of hydrogen-bond donors (Lipinski definition) is 1. The van der Waals surface area contributed by atoms with Gasteiger partial charge in [0.25, 0.3) is 0 Å². The Morgan fingerprint density at radius 2 is 2.00 bits per heavy atom. The van der Waals surface area contributed by atoms with Crippen LogP contribution in [0.5, 0.6) is 0 Å². The minimum Gasteiger partial charge on any atom is -0.301 e. The largest absolute Gasteiger partial charge is 0.301 e. The van der Waals surface area contributed by atoms with Gasteiger partial charge in [0.05, 0.1) is 17.9 Å². The van der Waals surface area contributed by atoms with E-state index in [1.807, 2.05) is 5.38 Å². The van der Waals surface area contributed by atoms with Gasteiger partial charge in [0.2, 0.25) is 5.91 Å². The Balaban J connectivity index is 1.47. The van der Waals surface area contributed by atoms with E-state index in [2.05, 4.69) is 25.2 Å². The van der Waals surface area contributed by atoms with E-state index in [0.717, 1.165) is 42.9 Å². The van der Waals surface area contributed by atoms with E-state index in [-0.39, 0.29) is 17.6 Å². The van der Waals surface area contributed by atoms with Gasteiger partial charge in [0.1, 0.15) is 5.82 Å². The van der Waals surface area contributed by atoms with E-state index < -0.39 is 0 Å². The molecule has 0 saturated carbocycles. The number of nitrogens with one attached hydrogen (secondary N) is 1. The van der Waals surface area contributed by atoms with Crippen molar-refractivity contribution in [2.24, 2.45) is 0 Å². The molecule has 1 atom stereocenters. The summed E-state index contributed by atoms with van der Waals surface area (Å²) in [6.45, 7) is 1.92. The maximum absolute atomic E-state index is 13.3. The predicted molar refractivity (Wildman–Crippen MR) is 107 cm³/mol. The highest BCUT2D eigenvalue weighted by molar-refractivity contribution is 7.13. The minimum absolute atomic E-state index is 0.0616. The smallest absolute Gasteiger partial charge is 0.240 e. The summed E-state index contributed by atoms with van der Waals surface area (Å²) in [7, 11) is 0. The number of amides is 1. The first kappa shape index (κ1) is 18.6. The molecular weight excluding hydrogens is 377 g/mol. The molecule has 1 fully saturated rings. The van der Waals surface area contributed by atoms with E-state index in [4.69, 9.17) is 0 Å². The molecule has 2 aromatic heterocycles. The first-order valence-corrected chi connectivity index (χ1v) is 10.1. The zero-order valence-corrected chi connectivity index (χ0v) is 16.0. The van der Waals surface area contributed by atoms with E-state index in [1.165, 1.54) is 23.5 Å². The van der Waals surface area contributed by atoms with Crippen LogP contribution in [0, 0.1) is 5.82 Å². The van der Waals surface area contributed by atoms with E-state index in [0.29, 0.717) is 11.7 Å². The Labute approximate surface area is 166 Å². The number of halogens is 1. The average molecular weight is 397 g/mol. The number of piperidine rings is 1. The van der Waals surface area contributed by atoms with Crippen LogP contribution in [-0.2, 0) is 4.79 Å². The predicted octanol–water partition coefficient (Wildman–Crippen LogP) is 3.56. The molecule has 3 aromatic rings. The topological polar surface area (TPSA) is 71.0 Å². The molecule has 0 unspecified atom stereocenters. The molecule has 3 heterocycles. The van der Waals surface area contributed by atoms with Crippen LogP contribution in [-0.4, -0.2) is 45.4 Å². The van der Waals surface area contributed by atoms with Crippen LogP contribution in [0.3, 0.4) is 0 Å². The molecule has 28 heavy (non-hydrogen) atoms. The Bertz CT molecular complexity index is 932. The lowest BCUT2D eigenvalue weighted by atomic mass is 9.91. The van der Waals surface area contributed by atoms with Crippen molar-refractivity contribution in [1.29, 1.82) is 0 Å². The van der Waals surface area contributed by atoms with Crippen LogP contribution in [0.4, 0.5) is 9.52 Å². The van der Waals surface area contributed by atoms with Crippen molar-refractivity contribution in [2.45, 2.75) is 18.8 Å². The lowest BCUT2D eigenvalue weighted by Crippen LogP contribution is -2.40. The number of likely N-dealkylation sites (tertiary alicyclic amines) is 1. The Morgan fingerprint density at radius 1 is 1.18 bits per heavy atom. The van der Waals surface area contributed by atoms with Crippen LogP contribution < -0.4 is 5.32 Å². The molecule has 1 N–H and O–H groups in total. The molecule has 0 radical (unpaired) electrons. The SMILES string of the molecule is O=C(CN1CCC[C@H](c2nccnc2-c2ccc(F)cc2)C1)Nc1nccs1. The van der Waals surface area contributed by atoms with Gasteiger partial charge in [-0.25, -0.2) is 9.37 Å². The molecule has 8 heteroatoms. The summed E-state index contributed by atoms with van der Waals surface area (Å²) in [6.07, 6.45) is 6.98. The van der Waals surface area contributed by atoms with Crippen molar-refractivity contribution in [3.8, 4) is 11.3 Å². The number of anilines is 1. The molecular formula is C20H20FN5OS. The summed E-state index contributed by atoms with van der Waals surface area (Å²) in [5.74, 6) is -0.159. The number of benzene rings is 1. The second-order valence-corrected chi connectivity index (χ2v) is 7.65. The second-order valence-electron chi connectivity index (χ2n) is 6.76. The third kappa shape index (κ3) is 4.40. The zero-order chi connectivity index (χ0) is 19.3. The van der Waals surface area contributed by atoms with Gasteiger partial charge in [0, 0.05) is 42.0 Å². The third-order valence-electron chi connectivity index (χ3n) is 4.78. The molecule has 4 rings (SSSR count). The van der Waals surface area contributed by atoms with Crippen LogP contribution >= 0.6 is 11.3 Å². The quantitative estimate of drug-likeness (QED) is 0.713. The highest BCUT2D eigenvalue weighted by Gasteiger charge is 2.26. The second kappa shape index (κ2) is 8.53. The number of thiazole rings is 1. The number of nitrogens with zero attached hydrogens (tertiary/aromatic N) is 4. The fraction of sp³-hybridized carbons (Fsp3) is 0.300. The molecule has 0 spiro atoms. The Hall–Kier alpha value is -2.71. The van der Waals surface area contributed by atoms with Gasteiger partial charge >= 0.3 is 0 Å². The summed E-state index contributed by atoms with van der Waals surface area (Å²) in [4.78, 5) is 27.6. The molecule has 1 aliphatic rings. The van der Waals surface area contributed by atoms with E-state index in [1.54, 1.807) is 30.7 Å². The van der Waals surface area contributed by atoms with Crippen molar-refractivity contribution >= 4 is 22.4 Å². The summed E-state index contributed by atoms with van der Waals surface area (Å²) < 4.78 is 13.3. The van der Waals surface area contributed by atoms with Crippen LogP contribution in [0.25, 0.3) is 11.3 Å². The van der Waals surface area contributed by atoms with Crippen LogP contribution in [0.2, 0.25) is 0 Å². The van der Waals surface area contributed by atoms with Gasteiger partial charge in [-0.15, -0.1) is 11.3 Å². The average Bonchev–Trinajstić information content (AvgIpc) is 3.22. The monoisotopic (exact) mass is 397 g/mol. The molecule has 1 amide bonds. The van der Waals surface area contributed by atoms with Crippen molar-refractivity contribution in [3.63, 3.8) is 0 Å². The number of hydrogen-bond acceptors (Lipinski definition) is 6. The van der Waals surface area contributed by atoms with Crippen molar-refractivity contribution < 1.29 is 9.18 Å². The first-order chi connectivity index (χ1) is 13.7. The number of carbonyl (C=O) groups excluding carboxylic acids is 1. The molecule has 144 valence electrons. The molecule has 1 saturated heterocycles. The van der Waals surface area contributed by atoms with E-state index >= 15 is 0 Å². The van der Waals surface area contributed by atoms with Gasteiger partial charge in [0.15, 0.2) is 5.13 Å². The first-order valence-electron chi connectivity index (χ1n) is 9.17. The fourth-order valence-corrected chi connectivity index (χ4v) is 4.09. The summed E-state index contributed by atoms with van der Waals surface area (Å²) in [6, 6.07) is 6.32. The standard InChI is InChI=1S/C20H20FN5OS/c21-16-5-3-14(4-6-16)18-19(23-8-7-22-18)15-2-1-10-26(12-15)13-17(27)25-20-24-9-11-28-20/h3-9,11,15H,1-2,10,12-13H2,(H,24,25,27)/t15-/m0/s1. The van der Waals surface area contributed by atoms with Gasteiger partial charge in [-0.05, 0) is 43.7 Å². The maximum atomic E-state index is 13.3. The fourth-order valence-electron chi connectivity index (χ4n) is 3.55. The third-order valence-corrected chi connectivity index (χ3v) is 5.47. The molecule has 0 aliphatic carbocycles. The lowest BCUT2D eigenvalue weighted by Gasteiger charge is -2.32. The van der Waals surface area contributed by atoms with Crippen molar-refractivity contribution in [3.05, 3.63) is 59.7 Å².